The number of nitrogens with one attached hydrogen (secondary N) is 3. The van der Waals surface area contributed by atoms with E-state index in [0.717, 1.165) is 16.6 Å². The van der Waals surface area contributed by atoms with Gasteiger partial charge in [-0.3, -0.25) is 5.32 Å². The molecule has 0 aliphatic heterocycles. The maximum Gasteiger partial charge on any atom is 0.323 e. The molecule has 0 aliphatic rings. The maximum absolute atomic E-state index is 11.1. The van der Waals surface area contributed by atoms with Gasteiger partial charge in [0.2, 0.25) is 0 Å². The highest BCUT2D eigenvalue weighted by Gasteiger charge is 2.14. The molecule has 2 rings (SSSR count). The summed E-state index contributed by atoms with van der Waals surface area (Å²) >= 11 is 0. The van der Waals surface area contributed by atoms with Gasteiger partial charge in [0.15, 0.2) is 0 Å². The SMILES string of the molecule is CC(C)(C#N)NCc1ccc2[nH]c(=O)[nH]c2c1. The monoisotopic (exact) mass is 230 g/mol. The number of nitrogens with zero attached hydrogens (tertiary/aromatic N) is 1. The van der Waals surface area contributed by atoms with E-state index < -0.39 is 5.54 Å². The topological polar surface area (TPSA) is 84.5 Å². The summed E-state index contributed by atoms with van der Waals surface area (Å²) in [6, 6.07) is 7.85. The van der Waals surface area contributed by atoms with Crippen LogP contribution in [0.15, 0.2) is 23.0 Å². The third kappa shape index (κ3) is 2.55. The predicted octanol–water partition coefficient (Wildman–Crippen LogP) is 1.25. The third-order valence-electron chi connectivity index (χ3n) is 2.59. The number of aromatic amines is 2. The summed E-state index contributed by atoms with van der Waals surface area (Å²) in [4.78, 5) is 16.5. The Morgan fingerprint density at radius 3 is 2.76 bits per heavy atom. The van der Waals surface area contributed by atoms with Crippen LogP contribution in [0, 0.1) is 11.3 Å². The van der Waals surface area contributed by atoms with E-state index in [0.29, 0.717) is 6.54 Å². The summed E-state index contributed by atoms with van der Waals surface area (Å²) in [5.74, 6) is 0. The zero-order valence-corrected chi connectivity index (χ0v) is 9.79. The molecule has 2 aromatic rings. The Balaban J connectivity index is 2.20. The van der Waals surface area contributed by atoms with Crippen molar-refractivity contribution in [3.63, 3.8) is 0 Å². The van der Waals surface area contributed by atoms with Gasteiger partial charge in [-0.05, 0) is 31.5 Å². The molecule has 0 unspecified atom stereocenters. The third-order valence-corrected chi connectivity index (χ3v) is 2.59. The Labute approximate surface area is 98.5 Å². The van der Waals surface area contributed by atoms with Gasteiger partial charge in [-0.2, -0.15) is 5.26 Å². The molecule has 1 aromatic carbocycles. The number of nitriles is 1. The minimum Gasteiger partial charge on any atom is -0.306 e. The first-order valence-corrected chi connectivity index (χ1v) is 5.37. The van der Waals surface area contributed by atoms with Crippen molar-refractivity contribution < 1.29 is 0 Å². The fourth-order valence-electron chi connectivity index (χ4n) is 1.55. The molecule has 1 aromatic heterocycles. The zero-order valence-electron chi connectivity index (χ0n) is 9.79. The summed E-state index contributed by atoms with van der Waals surface area (Å²) in [5.41, 5.74) is 1.83. The number of fused-ring (bicyclic) bond motifs is 1. The molecule has 0 atom stereocenters. The number of imidazole rings is 1. The largest absolute Gasteiger partial charge is 0.323 e. The van der Waals surface area contributed by atoms with Crippen LogP contribution in [-0.4, -0.2) is 15.5 Å². The van der Waals surface area contributed by atoms with Crippen LogP contribution in [0.2, 0.25) is 0 Å². The molecular weight excluding hydrogens is 216 g/mol. The molecule has 0 radical (unpaired) electrons. The van der Waals surface area contributed by atoms with Gasteiger partial charge in [-0.25, -0.2) is 4.79 Å². The van der Waals surface area contributed by atoms with Crippen molar-refractivity contribution in [2.24, 2.45) is 0 Å². The fraction of sp³-hybridized carbons (Fsp3) is 0.333. The van der Waals surface area contributed by atoms with Crippen molar-refractivity contribution in [2.45, 2.75) is 25.9 Å². The van der Waals surface area contributed by atoms with Crippen molar-refractivity contribution >= 4 is 11.0 Å². The average Bonchev–Trinajstić information content (AvgIpc) is 2.66. The second kappa shape index (κ2) is 4.07. The Morgan fingerprint density at radius 1 is 1.35 bits per heavy atom. The second-order valence-electron chi connectivity index (χ2n) is 4.55. The Morgan fingerprint density at radius 2 is 2.06 bits per heavy atom. The lowest BCUT2D eigenvalue weighted by Crippen LogP contribution is -2.36. The molecular formula is C12H14N4O. The van der Waals surface area contributed by atoms with Crippen LogP contribution in [0.4, 0.5) is 0 Å². The fourth-order valence-corrected chi connectivity index (χ4v) is 1.55. The molecule has 0 bridgehead atoms. The van der Waals surface area contributed by atoms with E-state index in [1.54, 1.807) is 0 Å². The molecule has 5 heteroatoms. The molecule has 0 saturated carbocycles. The van der Waals surface area contributed by atoms with Crippen molar-refractivity contribution in [2.75, 3.05) is 0 Å². The van der Waals surface area contributed by atoms with Crippen LogP contribution in [-0.2, 0) is 6.54 Å². The second-order valence-corrected chi connectivity index (χ2v) is 4.55. The lowest BCUT2D eigenvalue weighted by molar-refractivity contribution is 0.485. The standard InChI is InChI=1S/C12H14N4O/c1-12(2,7-13)14-6-8-3-4-9-10(5-8)16-11(17)15-9/h3-5,14H,6H2,1-2H3,(H2,15,16,17). The molecule has 0 fully saturated rings. The van der Waals surface area contributed by atoms with Crippen LogP contribution >= 0.6 is 0 Å². The van der Waals surface area contributed by atoms with Crippen LogP contribution < -0.4 is 11.0 Å². The van der Waals surface area contributed by atoms with Crippen LogP contribution in [0.3, 0.4) is 0 Å². The first-order chi connectivity index (χ1) is 8.00. The molecule has 0 spiro atoms. The molecule has 0 saturated heterocycles. The minimum atomic E-state index is -0.555. The average molecular weight is 230 g/mol. The highest BCUT2D eigenvalue weighted by Crippen LogP contribution is 2.11. The molecule has 0 aliphatic carbocycles. The van der Waals surface area contributed by atoms with Gasteiger partial charge >= 0.3 is 5.69 Å². The Kier molecular flexibility index (Phi) is 2.74. The van der Waals surface area contributed by atoms with Crippen molar-refractivity contribution in [3.8, 4) is 6.07 Å². The highest BCUT2D eigenvalue weighted by molar-refractivity contribution is 5.74. The maximum atomic E-state index is 11.1. The number of hydrogen-bond donors (Lipinski definition) is 3. The molecule has 17 heavy (non-hydrogen) atoms. The predicted molar refractivity (Wildman–Crippen MR) is 65.5 cm³/mol. The Bertz CT molecular complexity index is 630. The van der Waals surface area contributed by atoms with E-state index >= 15 is 0 Å². The number of rotatable bonds is 3. The Hall–Kier alpha value is -2.06. The summed E-state index contributed by atoms with van der Waals surface area (Å²) in [6.45, 7) is 4.23. The van der Waals surface area contributed by atoms with Gasteiger partial charge in [0, 0.05) is 6.54 Å². The lowest BCUT2D eigenvalue weighted by atomic mass is 10.1. The van der Waals surface area contributed by atoms with Gasteiger partial charge in [0.25, 0.3) is 0 Å². The van der Waals surface area contributed by atoms with Crippen LogP contribution in [0.1, 0.15) is 19.4 Å². The van der Waals surface area contributed by atoms with Gasteiger partial charge < -0.3 is 9.97 Å². The van der Waals surface area contributed by atoms with E-state index in [1.165, 1.54) is 0 Å². The molecule has 1 heterocycles. The summed E-state index contributed by atoms with van der Waals surface area (Å²) in [5, 5.41) is 12.0. The smallest absolute Gasteiger partial charge is 0.306 e. The van der Waals surface area contributed by atoms with Gasteiger partial charge in [-0.15, -0.1) is 0 Å². The van der Waals surface area contributed by atoms with E-state index in [-0.39, 0.29) is 5.69 Å². The van der Waals surface area contributed by atoms with Crippen LogP contribution in [0.5, 0.6) is 0 Å². The number of aromatic nitrogens is 2. The minimum absolute atomic E-state index is 0.206. The van der Waals surface area contributed by atoms with Crippen molar-refractivity contribution in [1.29, 1.82) is 5.26 Å². The number of H-pyrrole nitrogens is 2. The first kappa shape index (κ1) is 11.4. The van der Waals surface area contributed by atoms with Crippen molar-refractivity contribution in [3.05, 3.63) is 34.2 Å². The van der Waals surface area contributed by atoms with E-state index in [9.17, 15) is 4.79 Å². The number of benzene rings is 1. The van der Waals surface area contributed by atoms with E-state index in [4.69, 9.17) is 5.26 Å². The highest BCUT2D eigenvalue weighted by atomic mass is 16.1. The molecule has 88 valence electrons. The summed E-state index contributed by atoms with van der Waals surface area (Å²) in [7, 11) is 0. The van der Waals surface area contributed by atoms with E-state index in [1.807, 2.05) is 32.0 Å². The number of hydrogen-bond acceptors (Lipinski definition) is 3. The van der Waals surface area contributed by atoms with Crippen LogP contribution in [0.25, 0.3) is 11.0 Å². The van der Waals surface area contributed by atoms with Gasteiger partial charge in [0.05, 0.1) is 17.1 Å². The molecule has 0 amide bonds. The normalized spacial score (nSPS) is 11.6. The van der Waals surface area contributed by atoms with Crippen molar-refractivity contribution in [1.82, 2.24) is 15.3 Å². The lowest BCUT2D eigenvalue weighted by Gasteiger charge is -2.17. The van der Waals surface area contributed by atoms with E-state index in [2.05, 4.69) is 21.4 Å². The molecule has 5 nitrogen and oxygen atoms in total. The quantitative estimate of drug-likeness (QED) is 0.741. The van der Waals surface area contributed by atoms with Gasteiger partial charge in [-0.1, -0.05) is 6.07 Å². The summed E-state index contributed by atoms with van der Waals surface area (Å²) < 4.78 is 0. The molecule has 3 N–H and O–H groups in total. The van der Waals surface area contributed by atoms with Gasteiger partial charge in [0.1, 0.15) is 5.54 Å². The first-order valence-electron chi connectivity index (χ1n) is 5.37. The zero-order chi connectivity index (χ0) is 12.5. The summed E-state index contributed by atoms with van der Waals surface area (Å²) in [6.07, 6.45) is 0.